The van der Waals surface area contributed by atoms with Gasteiger partial charge in [-0.25, -0.2) is 40.1 Å². The van der Waals surface area contributed by atoms with Gasteiger partial charge in [-0.3, -0.25) is 0 Å². The van der Waals surface area contributed by atoms with E-state index in [4.69, 9.17) is 13.1 Å². The Bertz CT molecular complexity index is 2090. The summed E-state index contributed by atoms with van der Waals surface area (Å²) in [6.45, 7) is 15.1. The Morgan fingerprint density at radius 3 is 1.16 bits per heavy atom. The average molecular weight is 596 g/mol. The Morgan fingerprint density at radius 1 is 0.568 bits per heavy atom. The van der Waals surface area contributed by atoms with Gasteiger partial charge in [-0.1, -0.05) is 60.7 Å². The zero-order valence-corrected chi connectivity index (χ0v) is 21.6. The molecule has 0 fully saturated rings. The van der Waals surface area contributed by atoms with Crippen molar-refractivity contribution in [1.82, 2.24) is 19.9 Å². The van der Waals surface area contributed by atoms with Crippen molar-refractivity contribution in [3.05, 3.63) is 105 Å². The SMILES string of the molecule is [C-]#[N+]C(C#N)=c1c2nc(-c3ccccc3)c(C(F)(F)F)nc2c(=C(C#N)[N+]#[C-])c2nc(-c3ccccc3)c(C(F)(F)F)nc12. The zero-order valence-electron chi connectivity index (χ0n) is 21.6. The number of halogens is 6. The van der Waals surface area contributed by atoms with Crippen LogP contribution in [-0.4, -0.2) is 19.9 Å². The van der Waals surface area contributed by atoms with E-state index in [1.165, 1.54) is 72.8 Å². The molecule has 0 aliphatic heterocycles. The van der Waals surface area contributed by atoms with Crippen molar-refractivity contribution in [2.24, 2.45) is 0 Å². The van der Waals surface area contributed by atoms with Crippen LogP contribution in [0.15, 0.2) is 60.7 Å². The molecule has 0 saturated carbocycles. The molecule has 0 bridgehead atoms. The fraction of sp³-hybridized carbons (Fsp3) is 0.0667. The monoisotopic (exact) mass is 596 g/mol. The summed E-state index contributed by atoms with van der Waals surface area (Å²) in [5, 5.41) is 18.2. The van der Waals surface area contributed by atoms with Crippen molar-refractivity contribution in [3.8, 4) is 34.7 Å². The average Bonchev–Trinajstić information content (AvgIpc) is 3.01. The van der Waals surface area contributed by atoms with Crippen LogP contribution in [-0.2, 0) is 12.4 Å². The lowest BCUT2D eigenvalue weighted by Gasteiger charge is -2.17. The van der Waals surface area contributed by atoms with E-state index in [2.05, 4.69) is 29.6 Å². The van der Waals surface area contributed by atoms with Crippen LogP contribution < -0.4 is 10.4 Å². The molecule has 0 unspecified atom stereocenters. The van der Waals surface area contributed by atoms with Gasteiger partial charge in [-0.15, -0.1) is 0 Å². The topological polar surface area (TPSA) is 108 Å². The number of aromatic nitrogens is 4. The standard InChI is InChI=1S/C30H10F6N8/c1-39-17(13-37)19-23-26(44-28(30(34,35)36)21(41-23)15-9-5-3-6-10-15)20(18(14-38)40-2)24-25(19)43-27(29(31,32)33)22(42-24)16-11-7-4-8-12-16/h3-12H. The number of benzene rings is 3. The Kier molecular flexibility index (Phi) is 7.14. The number of rotatable bonds is 2. The van der Waals surface area contributed by atoms with Crippen molar-refractivity contribution in [2.45, 2.75) is 12.4 Å². The van der Waals surface area contributed by atoms with E-state index < -0.39 is 79.0 Å². The lowest BCUT2D eigenvalue weighted by Crippen LogP contribution is -2.26. The van der Waals surface area contributed by atoms with Gasteiger partial charge in [-0.2, -0.15) is 26.3 Å². The first-order chi connectivity index (χ1) is 20.9. The highest BCUT2D eigenvalue weighted by molar-refractivity contribution is 6.00. The van der Waals surface area contributed by atoms with Crippen molar-refractivity contribution in [1.29, 1.82) is 10.5 Å². The summed E-state index contributed by atoms with van der Waals surface area (Å²) >= 11 is 0. The minimum atomic E-state index is -5.15. The third kappa shape index (κ3) is 4.87. The normalized spacial score (nSPS) is 13.0. The lowest BCUT2D eigenvalue weighted by atomic mass is 10.0. The summed E-state index contributed by atoms with van der Waals surface area (Å²) in [4.78, 5) is 21.8. The molecule has 0 saturated heterocycles. The predicted molar refractivity (Wildman–Crippen MR) is 144 cm³/mol. The first-order valence-corrected chi connectivity index (χ1v) is 12.1. The van der Waals surface area contributed by atoms with Crippen LogP contribution in [0.1, 0.15) is 11.4 Å². The molecule has 0 spiro atoms. The molecule has 14 heteroatoms. The molecule has 0 aliphatic rings. The molecule has 44 heavy (non-hydrogen) atoms. The smallest absolute Gasteiger partial charge is 0.244 e. The summed E-state index contributed by atoms with van der Waals surface area (Å²) < 4.78 is 86.6. The van der Waals surface area contributed by atoms with E-state index in [9.17, 15) is 36.9 Å². The molecule has 0 radical (unpaired) electrons. The van der Waals surface area contributed by atoms with Gasteiger partial charge in [0.2, 0.25) is 0 Å². The van der Waals surface area contributed by atoms with Crippen LogP contribution in [0.2, 0.25) is 0 Å². The highest BCUT2D eigenvalue weighted by atomic mass is 19.4. The minimum Gasteiger partial charge on any atom is -0.244 e. The summed E-state index contributed by atoms with van der Waals surface area (Å²) in [6, 6.07) is 16.8. The van der Waals surface area contributed by atoms with Gasteiger partial charge >= 0.3 is 12.4 Å². The number of alkyl halides is 6. The number of nitriles is 2. The maximum Gasteiger partial charge on any atom is 0.435 e. The Morgan fingerprint density at radius 2 is 0.886 bits per heavy atom. The van der Waals surface area contributed by atoms with Crippen molar-refractivity contribution < 1.29 is 26.3 Å². The maximum atomic E-state index is 14.4. The van der Waals surface area contributed by atoms with E-state index in [1.807, 2.05) is 0 Å². The van der Waals surface area contributed by atoms with Gasteiger partial charge in [0, 0.05) is 21.6 Å². The minimum absolute atomic E-state index is 0.0979. The highest BCUT2D eigenvalue weighted by Crippen LogP contribution is 2.37. The quantitative estimate of drug-likeness (QED) is 0.140. The molecular formula is C30H10F6N8. The van der Waals surface area contributed by atoms with Gasteiger partial charge in [0.15, 0.2) is 11.4 Å². The molecule has 5 rings (SSSR count). The van der Waals surface area contributed by atoms with Gasteiger partial charge < -0.3 is 0 Å². The Hall–Kier alpha value is -6.38. The highest BCUT2D eigenvalue weighted by Gasteiger charge is 2.39. The van der Waals surface area contributed by atoms with E-state index in [-0.39, 0.29) is 11.1 Å². The van der Waals surface area contributed by atoms with Crippen LogP contribution in [0.4, 0.5) is 26.3 Å². The summed E-state index contributed by atoms with van der Waals surface area (Å²) in [5.74, 6) is 0. The number of nitrogens with zero attached hydrogens (tertiary/aromatic N) is 8. The molecule has 0 N–H and O–H groups in total. The maximum absolute atomic E-state index is 14.4. The molecule has 8 nitrogen and oxygen atoms in total. The van der Waals surface area contributed by atoms with Crippen LogP contribution in [0.5, 0.6) is 0 Å². The van der Waals surface area contributed by atoms with Crippen molar-refractivity contribution in [2.75, 3.05) is 0 Å². The van der Waals surface area contributed by atoms with E-state index in [1.54, 1.807) is 0 Å². The third-order valence-corrected chi connectivity index (χ3v) is 6.28. The molecule has 212 valence electrons. The number of hydrogen-bond donors (Lipinski definition) is 0. The van der Waals surface area contributed by atoms with Crippen molar-refractivity contribution in [3.63, 3.8) is 0 Å². The Labute approximate surface area is 242 Å². The molecular weight excluding hydrogens is 586 g/mol. The number of hydrogen-bond acceptors (Lipinski definition) is 6. The molecule has 2 aromatic heterocycles. The molecule has 2 heterocycles. The van der Waals surface area contributed by atoms with Gasteiger partial charge in [0.25, 0.3) is 11.4 Å². The summed E-state index contributed by atoms with van der Waals surface area (Å²) in [6.07, 6.45) is -10.3. The van der Waals surface area contributed by atoms with Gasteiger partial charge in [0.1, 0.15) is 11.4 Å². The molecule has 0 amide bonds. The summed E-state index contributed by atoms with van der Waals surface area (Å²) in [5.41, 5.74) is -9.46. The molecule has 0 aliphatic carbocycles. The molecule has 5 aromatic rings. The van der Waals surface area contributed by atoms with E-state index in [0.717, 1.165) is 0 Å². The predicted octanol–water partition coefficient (Wildman–Crippen LogP) is 6.05. The zero-order chi connectivity index (χ0) is 31.8. The molecule has 0 atom stereocenters. The second-order valence-electron chi connectivity index (χ2n) is 8.86. The van der Waals surface area contributed by atoms with Crippen LogP contribution in [0.25, 0.3) is 65.7 Å². The first kappa shape index (κ1) is 29.1. The first-order valence-electron chi connectivity index (χ1n) is 12.1. The third-order valence-electron chi connectivity index (χ3n) is 6.28. The van der Waals surface area contributed by atoms with Crippen molar-refractivity contribution >= 4 is 33.5 Å². The van der Waals surface area contributed by atoms with Gasteiger partial charge in [0.05, 0.1) is 47.3 Å². The van der Waals surface area contributed by atoms with Crippen LogP contribution in [0.3, 0.4) is 0 Å². The fourth-order valence-corrected chi connectivity index (χ4v) is 4.50. The van der Waals surface area contributed by atoms with E-state index >= 15 is 0 Å². The summed E-state index contributed by atoms with van der Waals surface area (Å²) in [7, 11) is 0. The Balaban J connectivity index is 2.23. The largest absolute Gasteiger partial charge is 0.435 e. The van der Waals surface area contributed by atoms with E-state index in [0.29, 0.717) is 0 Å². The van der Waals surface area contributed by atoms with Crippen LogP contribution in [0, 0.1) is 35.8 Å². The van der Waals surface area contributed by atoms with Crippen LogP contribution >= 0.6 is 0 Å². The second kappa shape index (κ2) is 10.8. The van der Waals surface area contributed by atoms with Gasteiger partial charge in [-0.05, 0) is 0 Å². The fourth-order valence-electron chi connectivity index (χ4n) is 4.50. The number of fused-ring (bicyclic) bond motifs is 2. The second-order valence-corrected chi connectivity index (χ2v) is 8.86. The lowest BCUT2D eigenvalue weighted by molar-refractivity contribution is -0.141. The molecule has 3 aromatic carbocycles.